The number of aromatic nitrogens is 2. The molecule has 0 saturated heterocycles. The van der Waals surface area contributed by atoms with E-state index in [9.17, 15) is 18.0 Å². The molecule has 28 heavy (non-hydrogen) atoms. The minimum atomic E-state index is -4.75. The van der Waals surface area contributed by atoms with Gasteiger partial charge in [-0.05, 0) is 41.7 Å². The molecule has 0 atom stereocenters. The van der Waals surface area contributed by atoms with Crippen LogP contribution in [0.3, 0.4) is 0 Å². The SMILES string of the molecule is BC(B)(B)C(B)(B)n1c(=O)oc2ccc(-c3ccc(OC(F)(F)F)cc3)nc21. The van der Waals surface area contributed by atoms with Gasteiger partial charge in [-0.15, -0.1) is 18.3 Å². The molecule has 1 aromatic carbocycles. The minimum absolute atomic E-state index is 0.262. The summed E-state index contributed by atoms with van der Waals surface area (Å²) in [6, 6.07) is 8.68. The molecular weight excluding hydrogens is 367 g/mol. The van der Waals surface area contributed by atoms with Crippen molar-refractivity contribution in [3.8, 4) is 17.0 Å². The molecule has 0 radical (unpaired) electrons. The van der Waals surface area contributed by atoms with Crippen LogP contribution in [-0.4, -0.2) is 55.1 Å². The molecule has 0 aliphatic carbocycles. The highest BCUT2D eigenvalue weighted by Crippen LogP contribution is 2.32. The van der Waals surface area contributed by atoms with Gasteiger partial charge in [0.1, 0.15) is 21.4 Å². The number of oxazole rings is 1. The maximum atomic E-state index is 12.5. The van der Waals surface area contributed by atoms with Crippen LogP contribution in [0.2, 0.25) is 5.11 Å². The van der Waals surface area contributed by atoms with E-state index in [-0.39, 0.29) is 10.9 Å². The Hall–Kier alpha value is -2.45. The topological polar surface area (TPSA) is 57.3 Å². The standard InChI is InChI=1S/C15H16B5F3N2O3/c16-13(17,18)14(19,20)25-11-10(27-12(25)26)6-5-9(24-11)7-1-3-8(4-2-7)28-15(21,22)23/h1-6H,16-20H2. The average Bonchev–Trinajstić information content (AvgIpc) is 2.88. The van der Waals surface area contributed by atoms with Gasteiger partial charge in [-0.25, -0.2) is 9.78 Å². The van der Waals surface area contributed by atoms with E-state index in [0.29, 0.717) is 22.5 Å². The lowest BCUT2D eigenvalue weighted by Gasteiger charge is -2.40. The zero-order valence-electron chi connectivity index (χ0n) is 16.2. The number of halogens is 3. The van der Waals surface area contributed by atoms with Crippen LogP contribution in [-0.2, 0) is 5.34 Å². The molecule has 0 aliphatic heterocycles. The van der Waals surface area contributed by atoms with Crippen LogP contribution in [0.5, 0.6) is 5.75 Å². The lowest BCUT2D eigenvalue weighted by Crippen LogP contribution is -2.51. The van der Waals surface area contributed by atoms with Crippen LogP contribution in [0.25, 0.3) is 22.5 Å². The van der Waals surface area contributed by atoms with Gasteiger partial charge in [0.15, 0.2) is 11.2 Å². The summed E-state index contributed by atoms with van der Waals surface area (Å²) in [5.74, 6) is -0.820. The first-order chi connectivity index (χ1) is 12.8. The molecule has 2 heterocycles. The first kappa shape index (κ1) is 20.3. The molecular formula is C15H16B5F3N2O3. The van der Waals surface area contributed by atoms with E-state index in [4.69, 9.17) is 4.42 Å². The Balaban J connectivity index is 2.08. The monoisotopic (exact) mass is 384 g/mol. The highest BCUT2D eigenvalue weighted by Gasteiger charge is 2.37. The van der Waals surface area contributed by atoms with Crippen LogP contribution in [0, 0.1) is 0 Å². The van der Waals surface area contributed by atoms with Gasteiger partial charge in [-0.2, -0.15) is 0 Å². The summed E-state index contributed by atoms with van der Waals surface area (Å²) >= 11 is 0. The predicted octanol–water partition coefficient (Wildman–Crippen LogP) is -1.60. The third kappa shape index (κ3) is 3.75. The predicted molar refractivity (Wildman–Crippen MR) is 114 cm³/mol. The van der Waals surface area contributed by atoms with Gasteiger partial charge in [0.25, 0.3) is 0 Å². The van der Waals surface area contributed by atoms with Crippen molar-refractivity contribution in [3.63, 3.8) is 0 Å². The van der Waals surface area contributed by atoms with Crippen molar-refractivity contribution in [1.29, 1.82) is 0 Å². The number of ether oxygens (including phenoxy) is 1. The second kappa shape index (κ2) is 6.56. The summed E-state index contributed by atoms with van der Waals surface area (Å²) in [6.07, 6.45) is -4.75. The molecule has 0 saturated carbocycles. The summed E-state index contributed by atoms with van der Waals surface area (Å²) in [6.45, 7) is 0. The average molecular weight is 383 g/mol. The Labute approximate surface area is 163 Å². The molecule has 0 fully saturated rings. The lowest BCUT2D eigenvalue weighted by molar-refractivity contribution is -0.274. The third-order valence-electron chi connectivity index (χ3n) is 5.21. The van der Waals surface area contributed by atoms with Gasteiger partial charge in [-0.1, -0.05) is 0 Å². The van der Waals surface area contributed by atoms with Crippen molar-refractivity contribution < 1.29 is 22.3 Å². The van der Waals surface area contributed by atoms with Crippen molar-refractivity contribution >= 4 is 50.5 Å². The summed E-state index contributed by atoms with van der Waals surface area (Å²) in [4.78, 5) is 17.0. The number of rotatable bonds is 4. The second-order valence-corrected chi connectivity index (χ2v) is 8.10. The van der Waals surface area contributed by atoms with E-state index < -0.39 is 17.5 Å². The molecule has 140 valence electrons. The lowest BCUT2D eigenvalue weighted by atomic mass is 9.26. The van der Waals surface area contributed by atoms with Gasteiger partial charge in [0.2, 0.25) is 0 Å². The van der Waals surface area contributed by atoms with E-state index in [2.05, 4.69) is 9.72 Å². The zero-order chi connectivity index (χ0) is 20.9. The summed E-state index contributed by atoms with van der Waals surface area (Å²) < 4.78 is 47.7. The Morgan fingerprint density at radius 1 is 0.964 bits per heavy atom. The van der Waals surface area contributed by atoms with Crippen LogP contribution in [0.15, 0.2) is 45.6 Å². The van der Waals surface area contributed by atoms with Gasteiger partial charge < -0.3 is 9.15 Å². The molecule has 3 rings (SSSR count). The number of fused-ring (bicyclic) bond motifs is 1. The Kier molecular flexibility index (Phi) is 4.76. The largest absolute Gasteiger partial charge is 0.573 e. The molecule has 2 aromatic heterocycles. The normalized spacial score (nSPS) is 13.0. The molecule has 0 aliphatic rings. The van der Waals surface area contributed by atoms with E-state index in [1.54, 1.807) is 12.1 Å². The Morgan fingerprint density at radius 3 is 2.11 bits per heavy atom. The Bertz CT molecular complexity index is 1070. The van der Waals surface area contributed by atoms with Crippen molar-refractivity contribution in [2.24, 2.45) is 0 Å². The van der Waals surface area contributed by atoms with E-state index in [0.717, 1.165) is 0 Å². The van der Waals surface area contributed by atoms with Crippen LogP contribution >= 0.6 is 0 Å². The van der Waals surface area contributed by atoms with Crippen molar-refractivity contribution in [3.05, 3.63) is 46.9 Å². The molecule has 0 amide bonds. The van der Waals surface area contributed by atoms with E-state index in [1.165, 1.54) is 28.8 Å². The fourth-order valence-corrected chi connectivity index (χ4v) is 2.72. The van der Waals surface area contributed by atoms with Crippen molar-refractivity contribution in [1.82, 2.24) is 9.55 Å². The van der Waals surface area contributed by atoms with Gasteiger partial charge in [0, 0.05) is 5.56 Å². The maximum Gasteiger partial charge on any atom is 0.573 e. The fraction of sp³-hybridized carbons (Fsp3) is 0.200. The summed E-state index contributed by atoms with van der Waals surface area (Å²) in [7, 11) is 9.91. The number of benzene rings is 1. The fourth-order valence-electron chi connectivity index (χ4n) is 2.72. The van der Waals surface area contributed by atoms with E-state index in [1.807, 2.05) is 39.2 Å². The second-order valence-electron chi connectivity index (χ2n) is 8.10. The number of hydrogen-bond acceptors (Lipinski definition) is 4. The molecule has 13 heteroatoms. The maximum absolute atomic E-state index is 12.5. The third-order valence-corrected chi connectivity index (χ3v) is 5.21. The molecule has 0 spiro atoms. The van der Waals surface area contributed by atoms with Crippen LogP contribution < -0.4 is 10.5 Å². The number of pyridine rings is 1. The number of nitrogens with zero attached hydrogens (tertiary/aromatic N) is 2. The first-order valence-electron chi connectivity index (χ1n) is 8.69. The van der Waals surface area contributed by atoms with Crippen molar-refractivity contribution in [2.45, 2.75) is 16.8 Å². The number of hydrogen-bond donors (Lipinski definition) is 0. The van der Waals surface area contributed by atoms with Crippen LogP contribution in [0.1, 0.15) is 0 Å². The molecule has 0 unspecified atom stereocenters. The number of alkyl halides is 3. The van der Waals surface area contributed by atoms with Gasteiger partial charge in [-0.3, -0.25) is 4.57 Å². The molecule has 0 bridgehead atoms. The van der Waals surface area contributed by atoms with Gasteiger partial charge >= 0.3 is 12.1 Å². The van der Waals surface area contributed by atoms with Crippen LogP contribution in [0.4, 0.5) is 13.2 Å². The first-order valence-corrected chi connectivity index (χ1v) is 8.69. The summed E-state index contributed by atoms with van der Waals surface area (Å²) in [5, 5.41) is -0.854. The summed E-state index contributed by atoms with van der Waals surface area (Å²) in [5.41, 5.74) is 1.83. The zero-order valence-corrected chi connectivity index (χ0v) is 16.2. The minimum Gasteiger partial charge on any atom is -0.406 e. The molecule has 5 nitrogen and oxygen atoms in total. The Morgan fingerprint density at radius 2 is 1.57 bits per heavy atom. The van der Waals surface area contributed by atoms with Gasteiger partial charge in [0.05, 0.1) is 29.2 Å². The van der Waals surface area contributed by atoms with E-state index >= 15 is 0 Å². The highest BCUT2D eigenvalue weighted by atomic mass is 19.4. The quantitative estimate of drug-likeness (QED) is 0.510. The molecule has 3 aromatic rings. The van der Waals surface area contributed by atoms with Crippen molar-refractivity contribution in [2.75, 3.05) is 0 Å². The molecule has 0 N–H and O–H groups in total. The smallest absolute Gasteiger partial charge is 0.406 e. The highest BCUT2D eigenvalue weighted by molar-refractivity contribution is 6.66.